The van der Waals surface area contributed by atoms with Crippen LogP contribution in [0.5, 0.6) is 0 Å². The number of aryl methyl sites for hydroxylation is 3. The first-order valence-corrected chi connectivity index (χ1v) is 12.7. The number of hydrogen-bond donors (Lipinski definition) is 1. The number of aromatic nitrogens is 2. The van der Waals surface area contributed by atoms with Crippen molar-refractivity contribution in [2.24, 2.45) is 0 Å². The molecule has 0 aliphatic carbocycles. The first kappa shape index (κ1) is 24.1. The highest BCUT2D eigenvalue weighted by atomic mass is 32.2. The molecule has 3 aromatic rings. The summed E-state index contributed by atoms with van der Waals surface area (Å²) in [7, 11) is -3.76. The number of sulfonamides is 1. The molecule has 2 aromatic carbocycles. The van der Waals surface area contributed by atoms with Crippen molar-refractivity contribution in [2.45, 2.75) is 51.7 Å². The van der Waals surface area contributed by atoms with Gasteiger partial charge in [0.2, 0.25) is 10.0 Å². The predicted molar refractivity (Wildman–Crippen MR) is 131 cm³/mol. The van der Waals surface area contributed by atoms with E-state index in [1.54, 1.807) is 22.9 Å². The molecule has 9 heteroatoms. The Balaban J connectivity index is 1.61. The lowest BCUT2D eigenvalue weighted by Gasteiger charge is -2.34. The molecule has 1 saturated heterocycles. The lowest BCUT2D eigenvalue weighted by Crippen LogP contribution is -2.48. The van der Waals surface area contributed by atoms with Crippen molar-refractivity contribution in [3.05, 3.63) is 70.9 Å². The molecule has 1 aliphatic rings. The van der Waals surface area contributed by atoms with Crippen LogP contribution in [0.3, 0.4) is 0 Å². The van der Waals surface area contributed by atoms with Crippen molar-refractivity contribution in [1.82, 2.24) is 14.1 Å². The highest BCUT2D eigenvalue weighted by Crippen LogP contribution is 2.24. The van der Waals surface area contributed by atoms with E-state index in [0.717, 1.165) is 22.5 Å². The maximum atomic E-state index is 13.2. The maximum absolute atomic E-state index is 13.2. The van der Waals surface area contributed by atoms with E-state index >= 15 is 0 Å². The van der Waals surface area contributed by atoms with Crippen LogP contribution in [0.4, 0.5) is 5.82 Å². The molecular formula is C25H30N4O4S. The van der Waals surface area contributed by atoms with Crippen molar-refractivity contribution < 1.29 is 17.9 Å². The van der Waals surface area contributed by atoms with Crippen LogP contribution in [0, 0.1) is 20.8 Å². The molecule has 2 atom stereocenters. The summed E-state index contributed by atoms with van der Waals surface area (Å²) >= 11 is 0. The molecule has 34 heavy (non-hydrogen) atoms. The van der Waals surface area contributed by atoms with Gasteiger partial charge in [-0.25, -0.2) is 13.1 Å². The van der Waals surface area contributed by atoms with Crippen LogP contribution < -0.4 is 5.32 Å². The topological polar surface area (TPSA) is 93.5 Å². The number of morpholine rings is 1. The highest BCUT2D eigenvalue weighted by molar-refractivity contribution is 7.89. The summed E-state index contributed by atoms with van der Waals surface area (Å²) in [6, 6.07) is 14.0. The van der Waals surface area contributed by atoms with E-state index in [1.807, 2.05) is 46.8 Å². The molecule has 0 radical (unpaired) electrons. The number of benzene rings is 2. The summed E-state index contributed by atoms with van der Waals surface area (Å²) in [6.07, 6.45) is -0.391. The third-order valence-corrected chi connectivity index (χ3v) is 7.47. The van der Waals surface area contributed by atoms with Crippen molar-refractivity contribution >= 4 is 21.7 Å². The monoisotopic (exact) mass is 482 g/mol. The lowest BCUT2D eigenvalue weighted by molar-refractivity contribution is -0.0440. The summed E-state index contributed by atoms with van der Waals surface area (Å²) in [5.74, 6) is 0.0999. The van der Waals surface area contributed by atoms with E-state index in [-0.39, 0.29) is 35.8 Å². The summed E-state index contributed by atoms with van der Waals surface area (Å²) in [6.45, 7) is 10.1. The van der Waals surface area contributed by atoms with Crippen LogP contribution in [0.1, 0.15) is 41.0 Å². The van der Waals surface area contributed by atoms with E-state index in [2.05, 4.69) is 16.5 Å². The molecular weight excluding hydrogens is 452 g/mol. The molecule has 2 heterocycles. The third kappa shape index (κ3) is 5.06. The van der Waals surface area contributed by atoms with E-state index in [4.69, 9.17) is 4.74 Å². The lowest BCUT2D eigenvalue weighted by atomic mass is 10.1. The van der Waals surface area contributed by atoms with Gasteiger partial charge in [0.05, 0.1) is 28.5 Å². The number of carbonyl (C=O) groups is 1. The number of carbonyl (C=O) groups excluding carboxylic acids is 1. The Kier molecular flexibility index (Phi) is 6.62. The Morgan fingerprint density at radius 1 is 1.00 bits per heavy atom. The van der Waals surface area contributed by atoms with Crippen LogP contribution in [0.15, 0.2) is 53.4 Å². The van der Waals surface area contributed by atoms with Gasteiger partial charge in [0.15, 0.2) is 0 Å². The molecule has 0 bridgehead atoms. The van der Waals surface area contributed by atoms with Crippen LogP contribution in [-0.4, -0.2) is 53.7 Å². The normalized spacial score (nSPS) is 19.2. The van der Waals surface area contributed by atoms with Gasteiger partial charge in [-0.15, -0.1) is 0 Å². The number of amides is 1. The minimum Gasteiger partial charge on any atom is -0.373 e. The minimum absolute atomic E-state index is 0.0837. The van der Waals surface area contributed by atoms with Gasteiger partial charge in [0.1, 0.15) is 5.82 Å². The second kappa shape index (κ2) is 9.32. The van der Waals surface area contributed by atoms with Crippen LogP contribution in [0.25, 0.3) is 5.69 Å². The average Bonchev–Trinajstić information content (AvgIpc) is 3.12. The summed E-state index contributed by atoms with van der Waals surface area (Å²) < 4.78 is 35.2. The number of ether oxygens (including phenoxy) is 1. The van der Waals surface area contributed by atoms with E-state index in [9.17, 15) is 13.2 Å². The van der Waals surface area contributed by atoms with Crippen molar-refractivity contribution in [3.63, 3.8) is 0 Å². The zero-order valence-corrected chi connectivity index (χ0v) is 20.9. The Morgan fingerprint density at radius 2 is 1.65 bits per heavy atom. The summed E-state index contributed by atoms with van der Waals surface area (Å²) in [4.78, 5) is 13.2. The Bertz CT molecular complexity index is 1300. The first-order chi connectivity index (χ1) is 16.0. The smallest absolute Gasteiger partial charge is 0.256 e. The fourth-order valence-electron chi connectivity index (χ4n) is 4.32. The SMILES string of the molecule is Cc1cc(C)cc(-n2nc(C)cc2NC(=O)c2cccc(S(=O)(=O)N3CC(C)OC(C)C3)c2)c1. The highest BCUT2D eigenvalue weighted by Gasteiger charge is 2.32. The van der Waals surface area contributed by atoms with Gasteiger partial charge in [0.25, 0.3) is 5.91 Å². The Labute approximate surface area is 200 Å². The molecule has 180 valence electrons. The van der Waals surface area contributed by atoms with Crippen LogP contribution >= 0.6 is 0 Å². The molecule has 0 saturated carbocycles. The second-order valence-corrected chi connectivity index (χ2v) is 10.9. The maximum Gasteiger partial charge on any atom is 0.256 e. The molecule has 0 spiro atoms. The zero-order valence-electron chi connectivity index (χ0n) is 20.1. The quantitative estimate of drug-likeness (QED) is 0.596. The molecule has 1 amide bonds. The molecule has 1 fully saturated rings. The van der Waals surface area contributed by atoms with Crippen molar-refractivity contribution in [3.8, 4) is 5.69 Å². The fraction of sp³-hybridized carbons (Fsp3) is 0.360. The molecule has 1 aromatic heterocycles. The number of rotatable bonds is 5. The number of hydrogen-bond acceptors (Lipinski definition) is 5. The fourth-order valence-corrected chi connectivity index (χ4v) is 5.96. The third-order valence-electron chi connectivity index (χ3n) is 5.64. The van der Waals surface area contributed by atoms with Crippen LogP contribution in [0.2, 0.25) is 0 Å². The Morgan fingerprint density at radius 3 is 2.29 bits per heavy atom. The zero-order chi connectivity index (χ0) is 24.6. The number of anilines is 1. The molecule has 1 aliphatic heterocycles. The average molecular weight is 483 g/mol. The van der Waals surface area contributed by atoms with Gasteiger partial charge in [-0.3, -0.25) is 4.79 Å². The summed E-state index contributed by atoms with van der Waals surface area (Å²) in [5, 5.41) is 7.42. The molecule has 2 unspecified atom stereocenters. The van der Waals surface area contributed by atoms with Gasteiger partial charge in [-0.05, 0) is 76.1 Å². The molecule has 8 nitrogen and oxygen atoms in total. The largest absolute Gasteiger partial charge is 0.373 e. The van der Waals surface area contributed by atoms with E-state index in [1.165, 1.54) is 16.4 Å². The second-order valence-electron chi connectivity index (χ2n) is 8.99. The number of nitrogens with one attached hydrogen (secondary N) is 1. The standard InChI is InChI=1S/C25H30N4O4S/c1-16-9-17(2)11-22(10-16)29-24(12-18(3)27-29)26-25(30)21-7-6-8-23(13-21)34(31,32)28-14-19(4)33-20(5)15-28/h6-13,19-20H,14-15H2,1-5H3,(H,26,30). The van der Waals surface area contributed by atoms with E-state index in [0.29, 0.717) is 5.82 Å². The van der Waals surface area contributed by atoms with Crippen LogP contribution in [-0.2, 0) is 14.8 Å². The van der Waals surface area contributed by atoms with Gasteiger partial charge in [0, 0.05) is 24.7 Å². The Hall–Kier alpha value is -3.01. The molecule has 1 N–H and O–H groups in total. The van der Waals surface area contributed by atoms with Gasteiger partial charge in [-0.1, -0.05) is 12.1 Å². The minimum atomic E-state index is -3.76. The van der Waals surface area contributed by atoms with Gasteiger partial charge < -0.3 is 10.1 Å². The van der Waals surface area contributed by atoms with Gasteiger partial charge in [-0.2, -0.15) is 9.40 Å². The van der Waals surface area contributed by atoms with Crippen molar-refractivity contribution in [2.75, 3.05) is 18.4 Å². The summed E-state index contributed by atoms with van der Waals surface area (Å²) in [5.41, 5.74) is 4.02. The van der Waals surface area contributed by atoms with Crippen molar-refractivity contribution in [1.29, 1.82) is 0 Å². The molecule has 4 rings (SSSR count). The first-order valence-electron chi connectivity index (χ1n) is 11.3. The predicted octanol–water partition coefficient (Wildman–Crippen LogP) is 3.85. The number of nitrogens with zero attached hydrogens (tertiary/aromatic N) is 3. The van der Waals surface area contributed by atoms with Gasteiger partial charge >= 0.3 is 0 Å². The van der Waals surface area contributed by atoms with E-state index < -0.39 is 15.9 Å².